The van der Waals surface area contributed by atoms with Gasteiger partial charge < -0.3 is 15.2 Å². The highest BCUT2D eigenvalue weighted by Crippen LogP contribution is 2.54. The van der Waals surface area contributed by atoms with E-state index in [1.807, 2.05) is 12.1 Å². The number of piperidine rings is 3. The Kier molecular flexibility index (Phi) is 2.74. The molecule has 6 rings (SSSR count). The highest BCUT2D eigenvalue weighted by Gasteiger charge is 2.52. The van der Waals surface area contributed by atoms with E-state index in [1.165, 1.54) is 16.8 Å². The summed E-state index contributed by atoms with van der Waals surface area (Å²) in [6, 6.07) is 6.44. The Morgan fingerprint density at radius 2 is 2.26 bits per heavy atom. The number of nitrogens with zero attached hydrogens (tertiary/aromatic N) is 1. The molecule has 3 saturated heterocycles. The standard InChI is InChI=1S/C19H22N2O2/c1-2-10-8-21-17-7-14-13-5-11(23)3-4-16(13)20-19(14)18(21)6-12(10)15(17)9-22/h2-5,12,15,17-18,20,22-23H,6-9H2,1H3/b10-2+/t12?,15?,17?,18-/m0/s1. The Morgan fingerprint density at radius 1 is 1.39 bits per heavy atom. The third-order valence-corrected chi connectivity index (χ3v) is 6.41. The number of fused-ring (bicyclic) bond motifs is 4. The SMILES string of the molecule is C/C=C1\CN2C3Cc4c([nH]c5ccc(O)cc45)[C@@H]2CC1C3CO. The van der Waals surface area contributed by atoms with E-state index in [0.29, 0.717) is 29.7 Å². The van der Waals surface area contributed by atoms with Crippen molar-refractivity contribution in [3.05, 3.63) is 41.1 Å². The Morgan fingerprint density at radius 3 is 3.04 bits per heavy atom. The number of aliphatic hydroxyl groups is 1. The van der Waals surface area contributed by atoms with E-state index in [-0.39, 0.29) is 6.61 Å². The Hall–Kier alpha value is -1.78. The van der Waals surface area contributed by atoms with E-state index >= 15 is 0 Å². The fourth-order valence-electron chi connectivity index (χ4n) is 5.35. The third kappa shape index (κ3) is 1.68. The molecule has 5 heterocycles. The first-order valence-electron chi connectivity index (χ1n) is 8.56. The van der Waals surface area contributed by atoms with Gasteiger partial charge in [0.1, 0.15) is 5.75 Å². The number of benzene rings is 1. The minimum absolute atomic E-state index is 0.263. The van der Waals surface area contributed by atoms with Gasteiger partial charge in [0.2, 0.25) is 0 Å². The number of aromatic nitrogens is 1. The topological polar surface area (TPSA) is 59.5 Å². The maximum absolute atomic E-state index is 9.99. The zero-order chi connectivity index (χ0) is 15.7. The maximum atomic E-state index is 9.99. The molecule has 4 aliphatic rings. The largest absolute Gasteiger partial charge is 0.508 e. The first-order chi connectivity index (χ1) is 11.2. The summed E-state index contributed by atoms with van der Waals surface area (Å²) in [5, 5.41) is 21.0. The normalized spacial score (nSPS) is 36.6. The van der Waals surface area contributed by atoms with Crippen LogP contribution in [0.4, 0.5) is 0 Å². The van der Waals surface area contributed by atoms with Gasteiger partial charge in [0.25, 0.3) is 0 Å². The summed E-state index contributed by atoms with van der Waals surface area (Å²) in [6.45, 7) is 3.42. The van der Waals surface area contributed by atoms with Crippen LogP contribution >= 0.6 is 0 Å². The van der Waals surface area contributed by atoms with Crippen molar-refractivity contribution in [1.82, 2.24) is 9.88 Å². The van der Waals surface area contributed by atoms with Gasteiger partial charge in [-0.05, 0) is 49.4 Å². The van der Waals surface area contributed by atoms with Gasteiger partial charge in [0.15, 0.2) is 0 Å². The molecule has 4 nitrogen and oxygen atoms in total. The number of phenolic OH excluding ortho intramolecular Hbond substituents is 1. The second-order valence-electron chi connectivity index (χ2n) is 7.26. The average Bonchev–Trinajstić information content (AvgIpc) is 2.92. The smallest absolute Gasteiger partial charge is 0.116 e. The molecule has 5 atom stereocenters. The molecular formula is C19H22N2O2. The van der Waals surface area contributed by atoms with Crippen molar-refractivity contribution in [2.45, 2.75) is 31.8 Å². The van der Waals surface area contributed by atoms with Gasteiger partial charge in [-0.2, -0.15) is 0 Å². The molecule has 4 aliphatic heterocycles. The molecule has 0 spiro atoms. The zero-order valence-corrected chi connectivity index (χ0v) is 13.3. The minimum Gasteiger partial charge on any atom is -0.508 e. The fourth-order valence-corrected chi connectivity index (χ4v) is 5.35. The van der Waals surface area contributed by atoms with Crippen molar-refractivity contribution in [2.24, 2.45) is 11.8 Å². The molecular weight excluding hydrogens is 288 g/mol. The molecule has 1 aromatic heterocycles. The van der Waals surface area contributed by atoms with Crippen molar-refractivity contribution in [2.75, 3.05) is 13.2 Å². The molecule has 0 radical (unpaired) electrons. The predicted octanol–water partition coefficient (Wildman–Crippen LogP) is 2.73. The van der Waals surface area contributed by atoms with Crippen molar-refractivity contribution in [3.63, 3.8) is 0 Å². The van der Waals surface area contributed by atoms with Crippen LogP contribution in [-0.2, 0) is 6.42 Å². The molecule has 0 aliphatic carbocycles. The quantitative estimate of drug-likeness (QED) is 0.710. The van der Waals surface area contributed by atoms with Crippen LogP contribution in [0.1, 0.15) is 30.6 Å². The van der Waals surface area contributed by atoms with E-state index in [9.17, 15) is 10.2 Å². The van der Waals surface area contributed by atoms with Crippen LogP contribution in [0, 0.1) is 11.8 Å². The summed E-state index contributed by atoms with van der Waals surface area (Å²) in [4.78, 5) is 6.21. The molecule has 4 heteroatoms. The monoisotopic (exact) mass is 310 g/mol. The van der Waals surface area contributed by atoms with E-state index < -0.39 is 0 Å². The molecule has 3 fully saturated rings. The first-order valence-corrected chi connectivity index (χ1v) is 8.56. The summed E-state index contributed by atoms with van der Waals surface area (Å²) in [5.41, 5.74) is 5.29. The van der Waals surface area contributed by atoms with Crippen LogP contribution in [0.5, 0.6) is 5.75 Å². The van der Waals surface area contributed by atoms with Crippen LogP contribution in [0.15, 0.2) is 29.8 Å². The first kappa shape index (κ1) is 13.6. The van der Waals surface area contributed by atoms with Gasteiger partial charge in [0, 0.05) is 41.7 Å². The predicted molar refractivity (Wildman–Crippen MR) is 89.3 cm³/mol. The van der Waals surface area contributed by atoms with E-state index in [2.05, 4.69) is 22.9 Å². The summed E-state index contributed by atoms with van der Waals surface area (Å²) < 4.78 is 0. The van der Waals surface area contributed by atoms with Crippen LogP contribution in [0.3, 0.4) is 0 Å². The van der Waals surface area contributed by atoms with Gasteiger partial charge in [-0.25, -0.2) is 0 Å². The van der Waals surface area contributed by atoms with Gasteiger partial charge in [-0.1, -0.05) is 11.6 Å². The Bertz CT molecular complexity index is 822. The van der Waals surface area contributed by atoms with E-state index in [1.54, 1.807) is 6.07 Å². The fraction of sp³-hybridized carbons (Fsp3) is 0.474. The molecule has 1 aromatic carbocycles. The van der Waals surface area contributed by atoms with Crippen molar-refractivity contribution in [1.29, 1.82) is 0 Å². The number of nitrogens with one attached hydrogen (secondary N) is 1. The van der Waals surface area contributed by atoms with Crippen LogP contribution in [0.25, 0.3) is 10.9 Å². The molecule has 4 bridgehead atoms. The number of H-pyrrole nitrogens is 1. The number of allylic oxidation sites excluding steroid dienone is 1. The van der Waals surface area contributed by atoms with E-state index in [4.69, 9.17) is 0 Å². The number of rotatable bonds is 1. The number of hydrogen-bond donors (Lipinski definition) is 3. The molecule has 120 valence electrons. The lowest BCUT2D eigenvalue weighted by Crippen LogP contribution is -2.60. The molecule has 4 unspecified atom stereocenters. The van der Waals surface area contributed by atoms with Gasteiger partial charge in [-0.15, -0.1) is 0 Å². The maximum Gasteiger partial charge on any atom is 0.116 e. The second kappa shape index (κ2) is 4.62. The average molecular weight is 310 g/mol. The molecule has 0 amide bonds. The molecule has 2 aromatic rings. The lowest BCUT2D eigenvalue weighted by molar-refractivity contribution is -0.0503. The lowest BCUT2D eigenvalue weighted by atomic mass is 9.64. The number of aromatic hydroxyl groups is 1. The summed E-state index contributed by atoms with van der Waals surface area (Å²) in [7, 11) is 0. The van der Waals surface area contributed by atoms with Gasteiger partial charge in [-0.3, -0.25) is 4.90 Å². The summed E-state index contributed by atoms with van der Waals surface area (Å²) in [5.74, 6) is 1.17. The Balaban J connectivity index is 1.68. The van der Waals surface area contributed by atoms with Crippen LogP contribution in [-0.4, -0.2) is 39.3 Å². The van der Waals surface area contributed by atoms with Crippen LogP contribution in [0.2, 0.25) is 0 Å². The molecule has 23 heavy (non-hydrogen) atoms. The van der Waals surface area contributed by atoms with Gasteiger partial charge >= 0.3 is 0 Å². The third-order valence-electron chi connectivity index (χ3n) is 6.41. The number of aliphatic hydroxyl groups excluding tert-OH is 1. The van der Waals surface area contributed by atoms with Gasteiger partial charge in [0.05, 0.1) is 6.04 Å². The second-order valence-corrected chi connectivity index (χ2v) is 7.26. The number of aromatic amines is 1. The highest BCUT2D eigenvalue weighted by atomic mass is 16.3. The number of hydrogen-bond acceptors (Lipinski definition) is 3. The number of phenols is 1. The molecule has 3 N–H and O–H groups in total. The van der Waals surface area contributed by atoms with Crippen molar-refractivity contribution < 1.29 is 10.2 Å². The van der Waals surface area contributed by atoms with Crippen molar-refractivity contribution in [3.8, 4) is 5.75 Å². The van der Waals surface area contributed by atoms with E-state index in [0.717, 1.165) is 30.3 Å². The highest BCUT2D eigenvalue weighted by molar-refractivity contribution is 5.86. The summed E-state index contributed by atoms with van der Waals surface area (Å²) in [6.07, 6.45) is 4.31. The Labute approximate surface area is 135 Å². The summed E-state index contributed by atoms with van der Waals surface area (Å²) >= 11 is 0. The molecule has 0 saturated carbocycles. The van der Waals surface area contributed by atoms with Crippen LogP contribution < -0.4 is 0 Å². The van der Waals surface area contributed by atoms with Crippen molar-refractivity contribution >= 4 is 10.9 Å². The minimum atomic E-state index is 0.263. The lowest BCUT2D eigenvalue weighted by Gasteiger charge is -2.58. The zero-order valence-electron chi connectivity index (χ0n) is 13.3.